The fraction of sp³-hybridized carbons (Fsp3) is 0.0545. The first-order valence-electron chi connectivity index (χ1n) is 20.0. The highest BCUT2D eigenvalue weighted by molar-refractivity contribution is 6.27. The van der Waals surface area contributed by atoms with E-state index in [1.165, 1.54) is 49.0 Å². The normalized spacial score (nSPS) is 12.6. The molecule has 0 fully saturated rings. The minimum Gasteiger partial charge on any atom is -0.455 e. The molecule has 0 saturated heterocycles. The molecule has 2 heterocycles. The Morgan fingerprint density at radius 1 is 0.362 bits per heavy atom. The van der Waals surface area contributed by atoms with E-state index in [1.54, 1.807) is 0 Å². The second-order valence-electron chi connectivity index (χ2n) is 15.7. The first kappa shape index (κ1) is 32.8. The maximum atomic E-state index is 6.83. The fourth-order valence-corrected chi connectivity index (χ4v) is 9.74. The van der Waals surface area contributed by atoms with E-state index in [9.17, 15) is 0 Å². The topological polar surface area (TPSA) is 29.5 Å². The van der Waals surface area contributed by atoms with Crippen molar-refractivity contribution in [1.82, 2.24) is 0 Å². The Bertz CT molecular complexity index is 3300. The van der Waals surface area contributed by atoms with Crippen LogP contribution < -0.4 is 4.90 Å². The summed E-state index contributed by atoms with van der Waals surface area (Å²) in [5.41, 5.74) is 12.8. The number of hydrogen-bond acceptors (Lipinski definition) is 3. The smallest absolute Gasteiger partial charge is 0.159 e. The molecular weight excluding hydrogens is 707 g/mol. The molecule has 0 aliphatic carbocycles. The number of nitrogens with zero attached hydrogens (tertiary/aromatic N) is 1. The van der Waals surface area contributed by atoms with Crippen LogP contribution in [0.25, 0.3) is 76.2 Å². The molecule has 0 spiro atoms. The first-order chi connectivity index (χ1) is 28.6. The number of anilines is 3. The molecule has 0 aliphatic heterocycles. The zero-order chi connectivity index (χ0) is 38.5. The van der Waals surface area contributed by atoms with E-state index in [0.717, 1.165) is 72.1 Å². The van der Waals surface area contributed by atoms with Gasteiger partial charge in [-0.05, 0) is 87.3 Å². The van der Waals surface area contributed by atoms with Gasteiger partial charge in [-0.1, -0.05) is 158 Å². The van der Waals surface area contributed by atoms with E-state index >= 15 is 0 Å². The predicted octanol–water partition coefficient (Wildman–Crippen LogP) is 15.6. The summed E-state index contributed by atoms with van der Waals surface area (Å²) in [6.45, 7) is 4.25. The van der Waals surface area contributed by atoms with Gasteiger partial charge in [-0.15, -0.1) is 0 Å². The molecule has 12 rings (SSSR count). The highest BCUT2D eigenvalue weighted by Gasteiger charge is 2.27. The molecule has 0 aliphatic rings. The van der Waals surface area contributed by atoms with Crippen LogP contribution in [-0.2, 0) is 0 Å². The Hall–Kier alpha value is -7.36. The number of benzene rings is 10. The zero-order valence-corrected chi connectivity index (χ0v) is 32.2. The van der Waals surface area contributed by atoms with Crippen LogP contribution in [0.2, 0.25) is 0 Å². The second-order valence-corrected chi connectivity index (χ2v) is 15.7. The highest BCUT2D eigenvalue weighted by atomic mass is 16.3. The maximum Gasteiger partial charge on any atom is 0.159 e. The molecular formula is C55H37NO2. The molecule has 0 bridgehead atoms. The summed E-state index contributed by atoms with van der Waals surface area (Å²) in [4.78, 5) is 2.38. The lowest BCUT2D eigenvalue weighted by Gasteiger charge is -2.28. The molecule has 1 unspecified atom stereocenters. The third-order valence-electron chi connectivity index (χ3n) is 12.4. The van der Waals surface area contributed by atoms with E-state index in [0.29, 0.717) is 0 Å². The molecule has 0 radical (unpaired) electrons. The lowest BCUT2D eigenvalue weighted by Crippen LogP contribution is -2.11. The largest absolute Gasteiger partial charge is 0.455 e. The van der Waals surface area contributed by atoms with Gasteiger partial charge in [0, 0.05) is 44.1 Å². The zero-order valence-electron chi connectivity index (χ0n) is 32.2. The van der Waals surface area contributed by atoms with Crippen LogP contribution in [0.15, 0.2) is 191 Å². The quantitative estimate of drug-likeness (QED) is 0.125. The average Bonchev–Trinajstić information content (AvgIpc) is 3.86. The molecule has 274 valence electrons. The van der Waals surface area contributed by atoms with Crippen molar-refractivity contribution >= 4 is 93.3 Å². The summed E-state index contributed by atoms with van der Waals surface area (Å²) in [6.07, 6.45) is 0. The lowest BCUT2D eigenvalue weighted by molar-refractivity contribution is 0.658. The van der Waals surface area contributed by atoms with Crippen LogP contribution in [-0.4, -0.2) is 0 Å². The summed E-state index contributed by atoms with van der Waals surface area (Å²) in [5, 5.41) is 11.9. The summed E-state index contributed by atoms with van der Waals surface area (Å²) in [6, 6.07) is 66.0. The molecule has 3 nitrogen and oxygen atoms in total. The van der Waals surface area contributed by atoms with Crippen molar-refractivity contribution in [2.75, 3.05) is 4.90 Å². The summed E-state index contributed by atoms with van der Waals surface area (Å²) >= 11 is 0. The molecule has 3 heteroatoms. The number of rotatable bonds is 6. The van der Waals surface area contributed by atoms with Gasteiger partial charge in [-0.3, -0.25) is 0 Å². The van der Waals surface area contributed by atoms with Gasteiger partial charge < -0.3 is 13.7 Å². The van der Waals surface area contributed by atoms with Crippen LogP contribution in [0, 0.1) is 13.8 Å². The minimum absolute atomic E-state index is 0.0650. The third kappa shape index (κ3) is 4.74. The van der Waals surface area contributed by atoms with E-state index < -0.39 is 0 Å². The Morgan fingerprint density at radius 2 is 0.897 bits per heavy atom. The van der Waals surface area contributed by atoms with Crippen LogP contribution >= 0.6 is 0 Å². The Labute approximate surface area is 335 Å². The van der Waals surface area contributed by atoms with Crippen molar-refractivity contribution < 1.29 is 8.83 Å². The number of aryl methyl sites for hydroxylation is 2. The maximum absolute atomic E-state index is 6.83. The van der Waals surface area contributed by atoms with Crippen LogP contribution in [0.4, 0.5) is 17.1 Å². The molecule has 1 atom stereocenters. The lowest BCUT2D eigenvalue weighted by atomic mass is 9.80. The standard InChI is InChI=1S/C55H37NO2/c1-33-13-9-19-41-43-21-11-23-46(54(43)57-52(33)41)49(35-15-5-3-6-16-35)39-29-25-36-27-31-45-47(32-28-37-26-30-40(39)50(36)51(37)45)56(38-17-7-4-8-18-38)48-24-12-22-44-42-20-10-14-34(2)53(42)58-55(44)48/h3-32,49H,1-2H3. The third-order valence-corrected chi connectivity index (χ3v) is 12.4. The predicted molar refractivity (Wildman–Crippen MR) is 243 cm³/mol. The van der Waals surface area contributed by atoms with Gasteiger partial charge in [0.1, 0.15) is 16.7 Å². The second kappa shape index (κ2) is 12.6. The van der Waals surface area contributed by atoms with Crippen LogP contribution in [0.3, 0.4) is 0 Å². The van der Waals surface area contributed by atoms with Gasteiger partial charge in [0.15, 0.2) is 5.58 Å². The molecule has 58 heavy (non-hydrogen) atoms. The SMILES string of the molecule is Cc1cccc2c1oc1c(C(c3ccccc3)c3ccc4ccc5c(N(c6ccccc6)c6cccc7c6oc6c(C)cccc67)ccc6ccc3c4c65)cccc12. The Kier molecular flexibility index (Phi) is 7.12. The molecule has 12 aromatic rings. The van der Waals surface area contributed by atoms with Crippen LogP contribution in [0.1, 0.15) is 33.7 Å². The van der Waals surface area contributed by atoms with Crippen molar-refractivity contribution in [3.05, 3.63) is 210 Å². The Balaban J connectivity index is 1.13. The molecule has 0 saturated carbocycles. The van der Waals surface area contributed by atoms with Crippen molar-refractivity contribution in [2.45, 2.75) is 19.8 Å². The fourth-order valence-electron chi connectivity index (χ4n) is 9.74. The minimum atomic E-state index is -0.0650. The van der Waals surface area contributed by atoms with Crippen molar-refractivity contribution in [2.24, 2.45) is 0 Å². The number of fused-ring (bicyclic) bond motifs is 6. The van der Waals surface area contributed by atoms with Gasteiger partial charge in [0.2, 0.25) is 0 Å². The van der Waals surface area contributed by atoms with Gasteiger partial charge in [0.05, 0.1) is 11.4 Å². The van der Waals surface area contributed by atoms with E-state index in [2.05, 4.69) is 201 Å². The van der Waals surface area contributed by atoms with Gasteiger partial charge in [-0.2, -0.15) is 0 Å². The van der Waals surface area contributed by atoms with Gasteiger partial charge >= 0.3 is 0 Å². The van der Waals surface area contributed by atoms with Crippen molar-refractivity contribution in [3.63, 3.8) is 0 Å². The average molecular weight is 744 g/mol. The van der Waals surface area contributed by atoms with Gasteiger partial charge in [0.25, 0.3) is 0 Å². The van der Waals surface area contributed by atoms with Crippen molar-refractivity contribution in [1.29, 1.82) is 0 Å². The summed E-state index contributed by atoms with van der Waals surface area (Å²) < 4.78 is 13.6. The van der Waals surface area contributed by atoms with Gasteiger partial charge in [-0.25, -0.2) is 0 Å². The monoisotopic (exact) mass is 743 g/mol. The number of para-hydroxylation sites is 5. The molecule has 0 N–H and O–H groups in total. The highest BCUT2D eigenvalue weighted by Crippen LogP contribution is 2.49. The Morgan fingerprint density at radius 3 is 1.60 bits per heavy atom. The van der Waals surface area contributed by atoms with E-state index in [1.807, 2.05) is 0 Å². The summed E-state index contributed by atoms with van der Waals surface area (Å²) in [5.74, 6) is -0.0650. The van der Waals surface area contributed by atoms with E-state index in [4.69, 9.17) is 8.83 Å². The first-order valence-corrected chi connectivity index (χ1v) is 20.0. The van der Waals surface area contributed by atoms with Crippen molar-refractivity contribution in [3.8, 4) is 0 Å². The molecule has 0 amide bonds. The van der Waals surface area contributed by atoms with Crippen LogP contribution in [0.5, 0.6) is 0 Å². The molecule has 10 aromatic carbocycles. The number of furan rings is 2. The molecule has 2 aromatic heterocycles. The van der Waals surface area contributed by atoms with E-state index in [-0.39, 0.29) is 5.92 Å². The summed E-state index contributed by atoms with van der Waals surface area (Å²) in [7, 11) is 0. The number of hydrogen-bond donors (Lipinski definition) is 0.